The summed E-state index contributed by atoms with van der Waals surface area (Å²) in [4.78, 5) is 0. The molecule has 5 heteroatoms. The van der Waals surface area contributed by atoms with E-state index in [-0.39, 0.29) is 10.8 Å². The van der Waals surface area contributed by atoms with E-state index < -0.39 is 6.85 Å². The molecular weight excluding hydrogens is 482 g/mol. The SMILES string of the molecule is CCCCc1cc(-c2cc(CCCC)cc(C(C)(C)C)c2OP(Cl)Cl)c(OC)c(C(C)(C)C)c1. The highest BCUT2D eigenvalue weighted by Crippen LogP contribution is 2.54. The van der Waals surface area contributed by atoms with E-state index in [0.29, 0.717) is 0 Å². The highest BCUT2D eigenvalue weighted by Gasteiger charge is 2.29. The first-order valence-electron chi connectivity index (χ1n) is 12.5. The summed E-state index contributed by atoms with van der Waals surface area (Å²) in [6.45, 7) is 16.2. The van der Waals surface area contributed by atoms with E-state index in [1.54, 1.807) is 7.11 Å². The highest BCUT2D eigenvalue weighted by atomic mass is 35.9. The Kier molecular flexibility index (Phi) is 10.6. The summed E-state index contributed by atoms with van der Waals surface area (Å²) in [5.41, 5.74) is 6.85. The maximum atomic E-state index is 6.27. The largest absolute Gasteiger partial charge is 0.496 e. The summed E-state index contributed by atoms with van der Waals surface area (Å²) in [6.07, 6.45) is 6.65. The molecule has 0 heterocycles. The number of rotatable bonds is 10. The van der Waals surface area contributed by atoms with E-state index in [9.17, 15) is 0 Å². The van der Waals surface area contributed by atoms with Crippen LogP contribution in [0.15, 0.2) is 24.3 Å². The summed E-state index contributed by atoms with van der Waals surface area (Å²) in [5, 5.41) is 0. The van der Waals surface area contributed by atoms with Crippen LogP contribution in [0.5, 0.6) is 11.5 Å². The molecule has 0 bridgehead atoms. The number of benzene rings is 2. The fourth-order valence-electron chi connectivity index (χ4n) is 4.33. The Morgan fingerprint density at radius 3 is 1.47 bits per heavy atom. The number of hydrogen-bond acceptors (Lipinski definition) is 2. The molecule has 2 aromatic rings. The summed E-state index contributed by atoms with van der Waals surface area (Å²) >= 11 is 12.5. The lowest BCUT2D eigenvalue weighted by atomic mass is 9.79. The van der Waals surface area contributed by atoms with E-state index in [1.165, 1.54) is 16.7 Å². The van der Waals surface area contributed by atoms with Gasteiger partial charge in [-0.2, -0.15) is 0 Å². The number of ether oxygens (including phenoxy) is 1. The monoisotopic (exact) mass is 524 g/mol. The first-order chi connectivity index (χ1) is 15.8. The van der Waals surface area contributed by atoms with Crippen LogP contribution in [0.25, 0.3) is 11.1 Å². The van der Waals surface area contributed by atoms with E-state index in [0.717, 1.165) is 66.7 Å². The van der Waals surface area contributed by atoms with Crippen LogP contribution in [-0.4, -0.2) is 7.11 Å². The first-order valence-corrected chi connectivity index (χ1v) is 15.6. The second-order valence-electron chi connectivity index (χ2n) is 11.2. The second-order valence-corrected chi connectivity index (χ2v) is 14.2. The lowest BCUT2D eigenvalue weighted by Gasteiger charge is -2.29. The van der Waals surface area contributed by atoms with Crippen LogP contribution in [-0.2, 0) is 23.7 Å². The van der Waals surface area contributed by atoms with Crippen molar-refractivity contribution < 1.29 is 9.26 Å². The Morgan fingerprint density at radius 2 is 1.12 bits per heavy atom. The minimum absolute atomic E-state index is 0.0679. The third-order valence-corrected chi connectivity index (χ3v) is 6.94. The van der Waals surface area contributed by atoms with Crippen molar-refractivity contribution in [1.29, 1.82) is 0 Å². The Morgan fingerprint density at radius 1 is 0.706 bits per heavy atom. The molecule has 0 saturated heterocycles. The van der Waals surface area contributed by atoms with Crippen LogP contribution in [0.4, 0.5) is 0 Å². The third-order valence-electron chi connectivity index (χ3n) is 6.21. The standard InChI is InChI=1S/C29H43Cl2O2P/c1-10-12-14-20-16-22(26(32-9)24(18-20)28(3,4)5)23-17-21(15-13-11-2)19-25(29(6,7)8)27(23)33-34(30)31/h16-19H,10-15H2,1-9H3. The zero-order valence-corrected chi connectivity index (χ0v) is 25.0. The van der Waals surface area contributed by atoms with Crippen LogP contribution >= 0.6 is 29.3 Å². The van der Waals surface area contributed by atoms with Crippen molar-refractivity contribution in [3.05, 3.63) is 46.5 Å². The molecule has 0 aliphatic rings. The molecule has 2 nitrogen and oxygen atoms in total. The molecule has 0 aliphatic carbocycles. The van der Waals surface area contributed by atoms with Gasteiger partial charge in [0.25, 0.3) is 6.85 Å². The zero-order valence-electron chi connectivity index (χ0n) is 22.6. The van der Waals surface area contributed by atoms with Crippen LogP contribution in [0, 0.1) is 0 Å². The van der Waals surface area contributed by atoms with E-state index in [4.69, 9.17) is 31.7 Å². The second kappa shape index (κ2) is 12.3. The molecule has 190 valence electrons. The van der Waals surface area contributed by atoms with Gasteiger partial charge in [0.1, 0.15) is 11.5 Å². The van der Waals surface area contributed by atoms with E-state index in [2.05, 4.69) is 79.7 Å². The minimum Gasteiger partial charge on any atom is -0.496 e. The summed E-state index contributed by atoms with van der Waals surface area (Å²) in [7, 11) is 1.77. The van der Waals surface area contributed by atoms with E-state index >= 15 is 0 Å². The van der Waals surface area contributed by atoms with Gasteiger partial charge < -0.3 is 9.26 Å². The quantitative estimate of drug-likeness (QED) is 0.287. The Hall–Kier alpha value is -0.950. The number of halogens is 2. The first kappa shape index (κ1) is 29.3. The molecule has 0 spiro atoms. The highest BCUT2D eigenvalue weighted by molar-refractivity contribution is 8.00. The molecule has 0 amide bonds. The van der Waals surface area contributed by atoms with Gasteiger partial charge in [-0.05, 0) is 82.3 Å². The van der Waals surface area contributed by atoms with Crippen molar-refractivity contribution in [3.63, 3.8) is 0 Å². The number of unbranched alkanes of at least 4 members (excludes halogenated alkanes) is 2. The van der Waals surface area contributed by atoms with Crippen LogP contribution < -0.4 is 9.26 Å². The van der Waals surface area contributed by atoms with Crippen LogP contribution in [0.2, 0.25) is 0 Å². The van der Waals surface area contributed by atoms with Gasteiger partial charge in [-0.1, -0.05) is 80.4 Å². The van der Waals surface area contributed by atoms with Gasteiger partial charge >= 0.3 is 0 Å². The van der Waals surface area contributed by atoms with Crippen LogP contribution in [0.1, 0.15) is 103 Å². The topological polar surface area (TPSA) is 18.5 Å². The lowest BCUT2D eigenvalue weighted by Crippen LogP contribution is -2.16. The minimum atomic E-state index is -1.62. The van der Waals surface area contributed by atoms with Gasteiger partial charge in [-0.3, -0.25) is 0 Å². The average molecular weight is 526 g/mol. The number of aryl methyl sites for hydroxylation is 2. The Balaban J connectivity index is 2.98. The molecule has 0 radical (unpaired) electrons. The Bertz CT molecular complexity index is 956. The predicted octanol–water partition coefficient (Wildman–Crippen LogP) is 10.7. The fourth-order valence-corrected chi connectivity index (χ4v) is 5.08. The molecule has 0 aliphatic heterocycles. The number of methoxy groups -OCH3 is 1. The molecule has 34 heavy (non-hydrogen) atoms. The average Bonchev–Trinajstić information content (AvgIpc) is 2.74. The summed E-state index contributed by atoms with van der Waals surface area (Å²) < 4.78 is 12.3. The summed E-state index contributed by atoms with van der Waals surface area (Å²) in [5.74, 6) is 1.67. The molecule has 0 aromatic heterocycles. The van der Waals surface area contributed by atoms with E-state index in [1.807, 2.05) is 0 Å². The molecule has 0 unspecified atom stereocenters. The lowest BCUT2D eigenvalue weighted by molar-refractivity contribution is 0.398. The summed E-state index contributed by atoms with van der Waals surface area (Å²) in [6, 6.07) is 9.15. The maximum Gasteiger partial charge on any atom is 0.284 e. The van der Waals surface area contributed by atoms with Gasteiger partial charge in [0.05, 0.1) is 7.11 Å². The van der Waals surface area contributed by atoms with Gasteiger partial charge in [-0.25, -0.2) is 0 Å². The molecular formula is C29H43Cl2O2P. The molecule has 2 aromatic carbocycles. The Labute approximate surface area is 219 Å². The smallest absolute Gasteiger partial charge is 0.284 e. The van der Waals surface area contributed by atoms with Crippen molar-refractivity contribution in [1.82, 2.24) is 0 Å². The predicted molar refractivity (Wildman–Crippen MR) is 152 cm³/mol. The molecule has 0 saturated carbocycles. The van der Waals surface area contributed by atoms with Crippen molar-refractivity contribution in [2.24, 2.45) is 0 Å². The third kappa shape index (κ3) is 7.52. The number of hydrogen-bond donors (Lipinski definition) is 0. The van der Waals surface area contributed by atoms with Crippen molar-refractivity contribution in [2.45, 2.75) is 105 Å². The van der Waals surface area contributed by atoms with Crippen LogP contribution in [0.3, 0.4) is 0 Å². The maximum absolute atomic E-state index is 6.27. The molecule has 0 N–H and O–H groups in total. The van der Waals surface area contributed by atoms with Crippen molar-refractivity contribution >= 4 is 29.3 Å². The normalized spacial score (nSPS) is 12.4. The zero-order chi connectivity index (χ0) is 25.7. The molecule has 2 rings (SSSR count). The van der Waals surface area contributed by atoms with Gasteiger partial charge in [-0.15, -0.1) is 0 Å². The molecule has 0 atom stereocenters. The van der Waals surface area contributed by atoms with Gasteiger partial charge in [0.15, 0.2) is 0 Å². The van der Waals surface area contributed by atoms with Gasteiger partial charge in [0, 0.05) is 22.3 Å². The molecule has 0 fully saturated rings. The fraction of sp³-hybridized carbons (Fsp3) is 0.586. The van der Waals surface area contributed by atoms with Gasteiger partial charge in [0.2, 0.25) is 0 Å². The van der Waals surface area contributed by atoms with Crippen molar-refractivity contribution in [3.8, 4) is 22.6 Å². The van der Waals surface area contributed by atoms with Crippen molar-refractivity contribution in [2.75, 3.05) is 7.11 Å².